The Labute approximate surface area is 195 Å². The van der Waals surface area contributed by atoms with Crippen LogP contribution in [-0.4, -0.2) is 33.7 Å². The number of nitrogens with one attached hydrogen (secondary N) is 2. The maximum atomic E-state index is 13.2. The molecule has 4 rings (SSSR count). The van der Waals surface area contributed by atoms with Crippen molar-refractivity contribution >= 4 is 29.1 Å². The molecular weight excluding hydrogens is 446 g/mol. The van der Waals surface area contributed by atoms with Gasteiger partial charge in [0.2, 0.25) is 11.9 Å². The van der Waals surface area contributed by atoms with Crippen LogP contribution in [0.25, 0.3) is 0 Å². The molecule has 1 aliphatic carbocycles. The Morgan fingerprint density at radius 2 is 1.79 bits per heavy atom. The third kappa shape index (κ3) is 5.81. The molecule has 1 aliphatic rings. The molecule has 0 saturated heterocycles. The van der Waals surface area contributed by atoms with Crippen molar-refractivity contribution in [3.63, 3.8) is 0 Å². The van der Waals surface area contributed by atoms with Gasteiger partial charge in [0, 0.05) is 17.8 Å². The van der Waals surface area contributed by atoms with Crippen molar-refractivity contribution < 1.29 is 9.53 Å². The van der Waals surface area contributed by atoms with Crippen LogP contribution < -0.4 is 26.7 Å². The number of halogens is 1. The summed E-state index contributed by atoms with van der Waals surface area (Å²) >= 11 is 5.97. The highest BCUT2D eigenvalue weighted by Crippen LogP contribution is 2.29. The number of anilines is 2. The van der Waals surface area contributed by atoms with Crippen LogP contribution in [0.15, 0.2) is 58.1 Å². The fourth-order valence-electron chi connectivity index (χ4n) is 3.16. The SMILES string of the molecule is CNC(=O)Cn1c(=O)nc(Nc2ccc(OCC3CC3)cc2)n(Cc2ccc(Cl)cc2)c1=O. The highest BCUT2D eigenvalue weighted by Gasteiger charge is 2.22. The molecule has 0 spiro atoms. The number of likely N-dealkylation sites (N-methyl/N-ethyl adjacent to an activating group) is 1. The Bertz CT molecular complexity index is 1250. The standard InChI is InChI=1S/C23H24ClN5O4/c1-25-20(30)13-29-22(31)27-21(28(23(29)32)12-15-4-6-17(24)7-5-15)26-18-8-10-19(11-9-18)33-14-16-2-3-16/h4-11,16H,2-3,12-14H2,1H3,(H,25,30)(H,26,27,31). The van der Waals surface area contributed by atoms with Gasteiger partial charge in [0.1, 0.15) is 12.3 Å². The normalized spacial score (nSPS) is 12.9. The average Bonchev–Trinajstić information content (AvgIpc) is 3.64. The molecule has 0 atom stereocenters. The molecule has 1 fully saturated rings. The van der Waals surface area contributed by atoms with Crippen molar-refractivity contribution in [3.8, 4) is 5.75 Å². The zero-order valence-electron chi connectivity index (χ0n) is 18.1. The molecule has 1 heterocycles. The van der Waals surface area contributed by atoms with Crippen molar-refractivity contribution in [2.24, 2.45) is 5.92 Å². The molecule has 0 bridgehead atoms. The lowest BCUT2D eigenvalue weighted by atomic mass is 10.2. The van der Waals surface area contributed by atoms with Crippen LogP contribution in [-0.2, 0) is 17.9 Å². The molecule has 0 radical (unpaired) electrons. The van der Waals surface area contributed by atoms with Gasteiger partial charge in [-0.2, -0.15) is 4.98 Å². The Hall–Kier alpha value is -3.59. The zero-order valence-corrected chi connectivity index (χ0v) is 18.8. The smallest absolute Gasteiger partial charge is 0.355 e. The number of amides is 1. The van der Waals surface area contributed by atoms with E-state index in [9.17, 15) is 14.4 Å². The molecule has 1 amide bonds. The Morgan fingerprint density at radius 3 is 2.42 bits per heavy atom. The molecule has 9 nitrogen and oxygen atoms in total. The van der Waals surface area contributed by atoms with E-state index < -0.39 is 23.8 Å². The third-order valence-electron chi connectivity index (χ3n) is 5.28. The molecule has 33 heavy (non-hydrogen) atoms. The molecule has 2 aromatic carbocycles. The number of carbonyl (C=O) groups is 1. The van der Waals surface area contributed by atoms with Crippen LogP contribution in [0, 0.1) is 5.92 Å². The number of benzene rings is 2. The average molecular weight is 470 g/mol. The second-order valence-corrected chi connectivity index (χ2v) is 8.31. The van der Waals surface area contributed by atoms with Crippen LogP contribution in [0.5, 0.6) is 5.75 Å². The molecule has 172 valence electrons. The number of hydrogen-bond acceptors (Lipinski definition) is 6. The van der Waals surface area contributed by atoms with Crippen molar-refractivity contribution in [3.05, 3.63) is 80.1 Å². The van der Waals surface area contributed by atoms with Gasteiger partial charge in [0.25, 0.3) is 0 Å². The van der Waals surface area contributed by atoms with E-state index in [4.69, 9.17) is 16.3 Å². The van der Waals surface area contributed by atoms with Crippen LogP contribution >= 0.6 is 11.6 Å². The number of rotatable bonds is 9. The lowest BCUT2D eigenvalue weighted by molar-refractivity contribution is -0.121. The zero-order chi connectivity index (χ0) is 23.4. The summed E-state index contributed by atoms with van der Waals surface area (Å²) in [6.07, 6.45) is 2.42. The first-order chi connectivity index (χ1) is 15.9. The van der Waals surface area contributed by atoms with Gasteiger partial charge in [-0.15, -0.1) is 0 Å². The van der Waals surface area contributed by atoms with E-state index in [1.807, 2.05) is 12.1 Å². The van der Waals surface area contributed by atoms with E-state index in [2.05, 4.69) is 15.6 Å². The number of hydrogen-bond donors (Lipinski definition) is 2. The van der Waals surface area contributed by atoms with Gasteiger partial charge in [0.15, 0.2) is 0 Å². The van der Waals surface area contributed by atoms with Crippen molar-refractivity contribution in [2.45, 2.75) is 25.9 Å². The van der Waals surface area contributed by atoms with Crippen LogP contribution in [0.1, 0.15) is 18.4 Å². The number of aromatic nitrogens is 3. The first-order valence-corrected chi connectivity index (χ1v) is 11.0. The first kappa shape index (κ1) is 22.6. The Kier molecular flexibility index (Phi) is 6.79. The van der Waals surface area contributed by atoms with Crippen LogP contribution in [0.2, 0.25) is 5.02 Å². The minimum Gasteiger partial charge on any atom is -0.493 e. The molecule has 10 heteroatoms. The van der Waals surface area contributed by atoms with E-state index in [1.54, 1.807) is 36.4 Å². The summed E-state index contributed by atoms with van der Waals surface area (Å²) in [6.45, 7) is 0.412. The molecular formula is C23H24ClN5O4. The first-order valence-electron chi connectivity index (χ1n) is 10.6. The maximum Gasteiger partial charge on any atom is 0.355 e. The summed E-state index contributed by atoms with van der Waals surface area (Å²) in [5, 5.41) is 6.01. The Morgan fingerprint density at radius 1 is 1.09 bits per heavy atom. The molecule has 0 unspecified atom stereocenters. The van der Waals surface area contributed by atoms with Crippen molar-refractivity contribution in [1.82, 2.24) is 19.4 Å². The number of carbonyl (C=O) groups excluding carboxylic acids is 1. The maximum absolute atomic E-state index is 13.2. The molecule has 1 aromatic heterocycles. The summed E-state index contributed by atoms with van der Waals surface area (Å²) in [5.41, 5.74) is -0.0578. The fraction of sp³-hybridized carbons (Fsp3) is 0.304. The van der Waals surface area contributed by atoms with Crippen molar-refractivity contribution in [1.29, 1.82) is 0 Å². The van der Waals surface area contributed by atoms with Gasteiger partial charge in [0.05, 0.1) is 13.2 Å². The van der Waals surface area contributed by atoms with Gasteiger partial charge in [-0.25, -0.2) is 14.2 Å². The van der Waals surface area contributed by atoms with Crippen LogP contribution in [0.4, 0.5) is 11.6 Å². The summed E-state index contributed by atoms with van der Waals surface area (Å²) in [6, 6.07) is 14.2. The van der Waals surface area contributed by atoms with Gasteiger partial charge in [-0.3, -0.25) is 9.36 Å². The monoisotopic (exact) mass is 469 g/mol. The van der Waals surface area contributed by atoms with E-state index in [0.717, 1.165) is 15.9 Å². The number of ether oxygens (including phenoxy) is 1. The van der Waals surface area contributed by atoms with Gasteiger partial charge >= 0.3 is 11.4 Å². The summed E-state index contributed by atoms with van der Waals surface area (Å²) in [7, 11) is 1.43. The summed E-state index contributed by atoms with van der Waals surface area (Å²) < 4.78 is 7.86. The van der Waals surface area contributed by atoms with Gasteiger partial charge in [-0.05, 0) is 60.7 Å². The molecule has 0 aliphatic heterocycles. The molecule has 3 aromatic rings. The minimum atomic E-state index is -0.817. The second-order valence-electron chi connectivity index (χ2n) is 7.88. The molecule has 1 saturated carbocycles. The molecule has 2 N–H and O–H groups in total. The number of nitrogens with zero attached hydrogens (tertiary/aromatic N) is 3. The highest BCUT2D eigenvalue weighted by atomic mass is 35.5. The minimum absolute atomic E-state index is 0.0692. The Balaban J connectivity index is 1.64. The van der Waals surface area contributed by atoms with E-state index in [-0.39, 0.29) is 12.5 Å². The van der Waals surface area contributed by atoms with Crippen molar-refractivity contribution in [2.75, 3.05) is 19.0 Å². The fourth-order valence-corrected chi connectivity index (χ4v) is 3.29. The van der Waals surface area contributed by atoms with Crippen LogP contribution in [0.3, 0.4) is 0 Å². The van der Waals surface area contributed by atoms with Gasteiger partial charge < -0.3 is 15.4 Å². The second kappa shape index (κ2) is 9.91. The largest absolute Gasteiger partial charge is 0.493 e. The van der Waals surface area contributed by atoms with Gasteiger partial charge in [-0.1, -0.05) is 23.7 Å². The lowest BCUT2D eigenvalue weighted by Gasteiger charge is -2.16. The topological polar surface area (TPSA) is 107 Å². The van der Waals surface area contributed by atoms with E-state index in [1.165, 1.54) is 24.5 Å². The quantitative estimate of drug-likeness (QED) is 0.498. The highest BCUT2D eigenvalue weighted by molar-refractivity contribution is 6.30. The summed E-state index contributed by atoms with van der Waals surface area (Å²) in [5.74, 6) is 0.992. The van der Waals surface area contributed by atoms with E-state index in [0.29, 0.717) is 23.2 Å². The van der Waals surface area contributed by atoms with E-state index >= 15 is 0 Å². The predicted molar refractivity (Wildman–Crippen MR) is 125 cm³/mol. The predicted octanol–water partition coefficient (Wildman–Crippen LogP) is 2.39. The summed E-state index contributed by atoms with van der Waals surface area (Å²) in [4.78, 5) is 41.5. The lowest BCUT2D eigenvalue weighted by Crippen LogP contribution is -2.45. The third-order valence-corrected chi connectivity index (χ3v) is 5.53.